The molecule has 0 fully saturated rings. The molecule has 1 amide bonds. The van der Waals surface area contributed by atoms with Gasteiger partial charge < -0.3 is 10.3 Å². The molecule has 21 heavy (non-hydrogen) atoms. The maximum Gasteiger partial charge on any atom is 0.274 e. The fourth-order valence-electron chi connectivity index (χ4n) is 1.81. The standard InChI is InChI=1S/C14H14ClFN4O/c1-20(8-9-4-2-3-5-11(9)16)14(21)13-10(15)6-7-12(18-13)19-17/h2-7H,8,17H2,1H3,(H,18,19). The highest BCUT2D eigenvalue weighted by Crippen LogP contribution is 2.19. The summed E-state index contributed by atoms with van der Waals surface area (Å²) in [6, 6.07) is 9.34. The van der Waals surface area contributed by atoms with Gasteiger partial charge in [-0.05, 0) is 18.2 Å². The average molecular weight is 309 g/mol. The minimum absolute atomic E-state index is 0.0611. The van der Waals surface area contributed by atoms with E-state index in [9.17, 15) is 9.18 Å². The number of carbonyl (C=O) groups excluding carboxylic acids is 1. The molecule has 7 heteroatoms. The third-order valence-electron chi connectivity index (χ3n) is 2.91. The van der Waals surface area contributed by atoms with Crippen LogP contribution >= 0.6 is 11.6 Å². The molecule has 0 unspecified atom stereocenters. The Morgan fingerprint density at radius 1 is 1.38 bits per heavy atom. The summed E-state index contributed by atoms with van der Waals surface area (Å²) in [5.74, 6) is 4.80. The van der Waals surface area contributed by atoms with Crippen molar-refractivity contribution in [1.29, 1.82) is 0 Å². The first-order valence-electron chi connectivity index (χ1n) is 6.15. The van der Waals surface area contributed by atoms with Crippen molar-refractivity contribution in [3.63, 3.8) is 0 Å². The highest BCUT2D eigenvalue weighted by Gasteiger charge is 2.18. The van der Waals surface area contributed by atoms with Crippen LogP contribution in [0.15, 0.2) is 36.4 Å². The molecular weight excluding hydrogens is 295 g/mol. The van der Waals surface area contributed by atoms with Crippen molar-refractivity contribution in [1.82, 2.24) is 9.88 Å². The van der Waals surface area contributed by atoms with Gasteiger partial charge in [-0.2, -0.15) is 0 Å². The summed E-state index contributed by atoms with van der Waals surface area (Å²) in [7, 11) is 1.55. The number of nitrogens with zero attached hydrogens (tertiary/aromatic N) is 2. The van der Waals surface area contributed by atoms with Crippen LogP contribution in [0, 0.1) is 5.82 Å². The molecule has 2 rings (SSSR count). The second-order valence-corrected chi connectivity index (χ2v) is 4.83. The van der Waals surface area contributed by atoms with Gasteiger partial charge in [0.1, 0.15) is 17.3 Å². The Kier molecular flexibility index (Phi) is 4.72. The minimum atomic E-state index is -0.416. The topological polar surface area (TPSA) is 71.2 Å². The van der Waals surface area contributed by atoms with Crippen LogP contribution in [0.4, 0.5) is 10.2 Å². The number of hydrogen-bond acceptors (Lipinski definition) is 4. The zero-order chi connectivity index (χ0) is 15.4. The molecule has 0 saturated heterocycles. The fourth-order valence-corrected chi connectivity index (χ4v) is 1.99. The Bertz CT molecular complexity index is 665. The molecule has 0 aliphatic rings. The van der Waals surface area contributed by atoms with Gasteiger partial charge in [-0.25, -0.2) is 15.2 Å². The van der Waals surface area contributed by atoms with Crippen LogP contribution in [0.2, 0.25) is 5.02 Å². The Hall–Kier alpha value is -2.18. The first-order chi connectivity index (χ1) is 10.0. The molecule has 0 bridgehead atoms. The second kappa shape index (κ2) is 6.51. The molecule has 5 nitrogen and oxygen atoms in total. The van der Waals surface area contributed by atoms with Crippen LogP contribution in [0.25, 0.3) is 0 Å². The molecule has 2 aromatic rings. The van der Waals surface area contributed by atoms with E-state index in [0.717, 1.165) is 0 Å². The van der Waals surface area contributed by atoms with Gasteiger partial charge in [-0.1, -0.05) is 29.8 Å². The van der Waals surface area contributed by atoms with E-state index >= 15 is 0 Å². The van der Waals surface area contributed by atoms with E-state index in [1.807, 2.05) is 0 Å². The maximum absolute atomic E-state index is 13.6. The van der Waals surface area contributed by atoms with E-state index < -0.39 is 5.91 Å². The third kappa shape index (κ3) is 3.48. The van der Waals surface area contributed by atoms with E-state index in [4.69, 9.17) is 17.4 Å². The Labute approximate surface area is 126 Å². The average Bonchev–Trinajstić information content (AvgIpc) is 2.49. The maximum atomic E-state index is 13.6. The van der Waals surface area contributed by atoms with Gasteiger partial charge in [-0.15, -0.1) is 0 Å². The van der Waals surface area contributed by atoms with Gasteiger partial charge in [0.2, 0.25) is 0 Å². The van der Waals surface area contributed by atoms with Crippen LogP contribution in [0.1, 0.15) is 16.1 Å². The van der Waals surface area contributed by atoms with E-state index in [1.165, 1.54) is 17.0 Å². The normalized spacial score (nSPS) is 10.3. The Morgan fingerprint density at radius 3 is 2.76 bits per heavy atom. The quantitative estimate of drug-likeness (QED) is 0.672. The summed E-state index contributed by atoms with van der Waals surface area (Å²) in [6.07, 6.45) is 0. The van der Waals surface area contributed by atoms with Crippen molar-refractivity contribution >= 4 is 23.3 Å². The molecule has 0 aliphatic heterocycles. The molecular formula is C14H14ClFN4O. The third-order valence-corrected chi connectivity index (χ3v) is 3.21. The zero-order valence-electron chi connectivity index (χ0n) is 11.3. The predicted octanol–water partition coefficient (Wildman–Crippen LogP) is 2.43. The number of nitrogen functional groups attached to an aromatic ring is 1. The van der Waals surface area contributed by atoms with Crippen LogP contribution < -0.4 is 11.3 Å². The van der Waals surface area contributed by atoms with Crippen molar-refractivity contribution in [3.05, 3.63) is 58.5 Å². The van der Waals surface area contributed by atoms with Crippen LogP contribution in [0.5, 0.6) is 0 Å². The Balaban J connectivity index is 2.22. The summed E-state index contributed by atoms with van der Waals surface area (Å²) in [4.78, 5) is 17.7. The predicted molar refractivity (Wildman–Crippen MR) is 79.3 cm³/mol. The van der Waals surface area contributed by atoms with E-state index in [-0.39, 0.29) is 23.1 Å². The van der Waals surface area contributed by atoms with Crippen molar-refractivity contribution in [2.24, 2.45) is 5.84 Å². The molecule has 0 radical (unpaired) electrons. The SMILES string of the molecule is CN(Cc1ccccc1F)C(=O)c1nc(NN)ccc1Cl. The van der Waals surface area contributed by atoms with Crippen molar-refractivity contribution < 1.29 is 9.18 Å². The van der Waals surface area contributed by atoms with Crippen LogP contribution in [-0.2, 0) is 6.54 Å². The van der Waals surface area contributed by atoms with E-state index in [2.05, 4.69) is 10.4 Å². The number of anilines is 1. The summed E-state index contributed by atoms with van der Waals surface area (Å²) in [5, 5.41) is 0.208. The molecule has 1 aromatic carbocycles. The van der Waals surface area contributed by atoms with Crippen LogP contribution in [-0.4, -0.2) is 22.8 Å². The molecule has 0 aliphatic carbocycles. The summed E-state index contributed by atoms with van der Waals surface area (Å²) >= 11 is 5.97. The molecule has 1 heterocycles. The number of pyridine rings is 1. The second-order valence-electron chi connectivity index (χ2n) is 4.42. The smallest absolute Gasteiger partial charge is 0.274 e. The highest BCUT2D eigenvalue weighted by molar-refractivity contribution is 6.33. The Morgan fingerprint density at radius 2 is 2.10 bits per heavy atom. The number of hydrogen-bond donors (Lipinski definition) is 2. The van der Waals surface area contributed by atoms with Crippen molar-refractivity contribution in [3.8, 4) is 0 Å². The fraction of sp³-hybridized carbons (Fsp3) is 0.143. The number of nitrogens with one attached hydrogen (secondary N) is 1. The molecule has 1 aromatic heterocycles. The molecule has 3 N–H and O–H groups in total. The lowest BCUT2D eigenvalue weighted by atomic mass is 10.2. The first kappa shape index (κ1) is 15.2. The van der Waals surface area contributed by atoms with Gasteiger partial charge >= 0.3 is 0 Å². The lowest BCUT2D eigenvalue weighted by Gasteiger charge is -2.18. The number of rotatable bonds is 4. The number of nitrogens with two attached hydrogens (primary N) is 1. The lowest BCUT2D eigenvalue weighted by molar-refractivity contribution is 0.0778. The van der Waals surface area contributed by atoms with Gasteiger partial charge in [0, 0.05) is 19.2 Å². The largest absolute Gasteiger partial charge is 0.336 e. The monoisotopic (exact) mass is 308 g/mol. The minimum Gasteiger partial charge on any atom is -0.336 e. The van der Waals surface area contributed by atoms with Gasteiger partial charge in [-0.3, -0.25) is 4.79 Å². The lowest BCUT2D eigenvalue weighted by Crippen LogP contribution is -2.28. The van der Waals surface area contributed by atoms with Crippen molar-refractivity contribution in [2.75, 3.05) is 12.5 Å². The number of benzene rings is 1. The summed E-state index contributed by atoms with van der Waals surface area (Å²) in [6.45, 7) is 0.115. The van der Waals surface area contributed by atoms with E-state index in [0.29, 0.717) is 11.4 Å². The van der Waals surface area contributed by atoms with Crippen molar-refractivity contribution in [2.45, 2.75) is 6.54 Å². The number of halogens is 2. The van der Waals surface area contributed by atoms with E-state index in [1.54, 1.807) is 31.3 Å². The molecule has 0 saturated carbocycles. The number of amides is 1. The zero-order valence-corrected chi connectivity index (χ0v) is 12.1. The van der Waals surface area contributed by atoms with Gasteiger partial charge in [0.25, 0.3) is 5.91 Å². The number of aromatic nitrogens is 1. The molecule has 0 spiro atoms. The molecule has 110 valence electrons. The summed E-state index contributed by atoms with van der Waals surface area (Å²) in [5.41, 5.74) is 2.82. The van der Waals surface area contributed by atoms with Gasteiger partial charge in [0.15, 0.2) is 0 Å². The molecule has 0 atom stereocenters. The first-order valence-corrected chi connectivity index (χ1v) is 6.52. The number of carbonyl (C=O) groups is 1. The van der Waals surface area contributed by atoms with Crippen LogP contribution in [0.3, 0.4) is 0 Å². The summed E-state index contributed by atoms with van der Waals surface area (Å²) < 4.78 is 13.6. The number of hydrazine groups is 1. The van der Waals surface area contributed by atoms with Gasteiger partial charge in [0.05, 0.1) is 5.02 Å². The highest BCUT2D eigenvalue weighted by atomic mass is 35.5.